The molecule has 0 heterocycles. The first kappa shape index (κ1) is 48.9. The van der Waals surface area contributed by atoms with E-state index in [1.807, 2.05) is 97.1 Å². The highest BCUT2D eigenvalue weighted by atomic mass is 16.5. The predicted octanol–water partition coefficient (Wildman–Crippen LogP) is 17.0. The second-order valence-electron chi connectivity index (χ2n) is 17.6. The Labute approximate surface area is 438 Å². The Hall–Kier alpha value is -9.73. The summed E-state index contributed by atoms with van der Waals surface area (Å²) in [7, 11) is 8.37. The third-order valence-electron chi connectivity index (χ3n) is 13.3. The molecule has 10 aromatic rings. The topological polar surface area (TPSA) is 72.9 Å². The van der Waals surface area contributed by atoms with Crippen molar-refractivity contribution in [2.45, 2.75) is 0 Å². The SMILES string of the molecule is COc1ccc(N(c2ccc(C=O)cc2)c2ccc(-c3cc(-c4ccc(N(c5ccc(OC)cc5)c5ccc(OC)cc5)cc4)cc(-c4ccc(N(c5ccc(OC)cc5)c5ccc(OC)cc5)cc4)c3)cc2)cc1. The van der Waals surface area contributed by atoms with Gasteiger partial charge in [-0.3, -0.25) is 4.79 Å². The molecule has 75 heavy (non-hydrogen) atoms. The Morgan fingerprint density at radius 2 is 0.413 bits per heavy atom. The first-order chi connectivity index (χ1) is 36.8. The number of nitrogens with zero attached hydrogens (tertiary/aromatic N) is 3. The molecule has 0 aliphatic carbocycles. The van der Waals surface area contributed by atoms with Gasteiger partial charge in [0.2, 0.25) is 0 Å². The summed E-state index contributed by atoms with van der Waals surface area (Å²) in [5.41, 5.74) is 15.8. The quantitative estimate of drug-likeness (QED) is 0.0782. The van der Waals surface area contributed by atoms with E-state index in [4.69, 9.17) is 23.7 Å². The highest BCUT2D eigenvalue weighted by molar-refractivity contribution is 5.87. The maximum atomic E-state index is 11.6. The van der Waals surface area contributed by atoms with Gasteiger partial charge in [-0.05, 0) is 234 Å². The van der Waals surface area contributed by atoms with Gasteiger partial charge in [0.1, 0.15) is 35.0 Å². The number of rotatable bonds is 18. The maximum Gasteiger partial charge on any atom is 0.150 e. The van der Waals surface area contributed by atoms with E-state index in [2.05, 4.69) is 154 Å². The number of anilines is 9. The fourth-order valence-electron chi connectivity index (χ4n) is 9.24. The van der Waals surface area contributed by atoms with Gasteiger partial charge in [0, 0.05) is 56.7 Å². The van der Waals surface area contributed by atoms with Gasteiger partial charge in [0.25, 0.3) is 0 Å². The summed E-state index contributed by atoms with van der Waals surface area (Å²) in [5, 5.41) is 0. The summed E-state index contributed by atoms with van der Waals surface area (Å²) in [6.07, 6.45) is 0.862. The molecule has 0 aliphatic heterocycles. The molecule has 0 unspecified atom stereocenters. The van der Waals surface area contributed by atoms with Crippen LogP contribution in [-0.4, -0.2) is 41.8 Å². The fourth-order valence-corrected chi connectivity index (χ4v) is 9.24. The van der Waals surface area contributed by atoms with Crippen molar-refractivity contribution in [3.8, 4) is 62.1 Å². The Bertz CT molecular complexity index is 3220. The van der Waals surface area contributed by atoms with Gasteiger partial charge in [0.15, 0.2) is 0 Å². The van der Waals surface area contributed by atoms with Crippen LogP contribution in [-0.2, 0) is 0 Å². The number of ether oxygens (including phenoxy) is 5. The van der Waals surface area contributed by atoms with E-state index in [0.29, 0.717) is 5.56 Å². The van der Waals surface area contributed by atoms with E-state index in [-0.39, 0.29) is 0 Å². The number of methoxy groups -OCH3 is 5. The Balaban J connectivity index is 1.06. The lowest BCUT2D eigenvalue weighted by molar-refractivity contribution is 0.112. The van der Waals surface area contributed by atoms with Gasteiger partial charge in [-0.1, -0.05) is 36.4 Å². The predicted molar refractivity (Wildman–Crippen MR) is 305 cm³/mol. The van der Waals surface area contributed by atoms with Crippen molar-refractivity contribution >= 4 is 57.5 Å². The molecule has 0 aromatic heterocycles. The lowest BCUT2D eigenvalue weighted by Gasteiger charge is -2.26. The van der Waals surface area contributed by atoms with Crippen LogP contribution >= 0.6 is 0 Å². The van der Waals surface area contributed by atoms with Crippen molar-refractivity contribution in [1.82, 2.24) is 0 Å². The molecule has 0 aliphatic rings. The van der Waals surface area contributed by atoms with Crippen molar-refractivity contribution in [3.05, 3.63) is 242 Å². The fraction of sp³-hybridized carbons (Fsp3) is 0.0758. The number of hydrogen-bond donors (Lipinski definition) is 0. The van der Waals surface area contributed by atoms with Crippen LogP contribution in [0.4, 0.5) is 51.2 Å². The van der Waals surface area contributed by atoms with Gasteiger partial charge in [0.05, 0.1) is 35.5 Å². The molecule has 0 amide bonds. The molecular formula is C66H55N3O6. The van der Waals surface area contributed by atoms with Crippen molar-refractivity contribution in [2.24, 2.45) is 0 Å². The van der Waals surface area contributed by atoms with Crippen LogP contribution in [0.1, 0.15) is 10.4 Å². The summed E-state index contributed by atoms with van der Waals surface area (Å²) >= 11 is 0. The van der Waals surface area contributed by atoms with Crippen LogP contribution in [0, 0.1) is 0 Å². The van der Waals surface area contributed by atoms with E-state index in [1.165, 1.54) is 0 Å². The molecule has 0 spiro atoms. The van der Waals surface area contributed by atoms with Gasteiger partial charge in [-0.25, -0.2) is 0 Å². The summed E-state index contributed by atoms with van der Waals surface area (Å²) in [5.74, 6) is 3.92. The van der Waals surface area contributed by atoms with E-state index < -0.39 is 0 Å². The molecule has 0 atom stereocenters. The van der Waals surface area contributed by atoms with E-state index in [9.17, 15) is 4.79 Å². The largest absolute Gasteiger partial charge is 0.497 e. The zero-order valence-corrected chi connectivity index (χ0v) is 42.4. The zero-order chi connectivity index (χ0) is 51.7. The second kappa shape index (κ2) is 22.4. The monoisotopic (exact) mass is 985 g/mol. The highest BCUT2D eigenvalue weighted by Crippen LogP contribution is 2.42. The van der Waals surface area contributed by atoms with Gasteiger partial charge in [-0.2, -0.15) is 0 Å². The van der Waals surface area contributed by atoms with Crippen LogP contribution < -0.4 is 38.4 Å². The molecule has 0 saturated heterocycles. The molecule has 9 nitrogen and oxygen atoms in total. The standard InChI is InChI=1S/C66H55N3O6/c1-71-62-32-22-57(23-33-62)67(53-14-6-46(45-70)7-15-53)54-16-8-47(9-17-54)50-42-51(48-10-18-55(19-11-48)68(58-24-34-63(72-2)35-25-58)59-26-36-64(73-3)37-27-59)44-52(43-50)49-12-20-56(21-13-49)69(60-28-38-65(74-4)39-29-60)61-30-40-66(75-5)41-31-61/h6-45H,1-5H3. The van der Waals surface area contributed by atoms with Gasteiger partial charge in [-0.15, -0.1) is 0 Å². The molecule has 0 bridgehead atoms. The maximum absolute atomic E-state index is 11.6. The van der Waals surface area contributed by atoms with Crippen LogP contribution in [0.5, 0.6) is 28.7 Å². The molecule has 0 N–H and O–H groups in total. The molecule has 10 rings (SSSR count). The lowest BCUT2D eigenvalue weighted by atomic mass is 9.93. The van der Waals surface area contributed by atoms with Crippen molar-refractivity contribution < 1.29 is 28.5 Å². The zero-order valence-electron chi connectivity index (χ0n) is 42.4. The van der Waals surface area contributed by atoms with Crippen molar-refractivity contribution in [2.75, 3.05) is 50.2 Å². The number of carbonyl (C=O) groups is 1. The summed E-state index contributed by atoms with van der Waals surface area (Å²) in [6.45, 7) is 0. The third kappa shape index (κ3) is 10.7. The minimum Gasteiger partial charge on any atom is -0.497 e. The molecule has 0 fully saturated rings. The lowest BCUT2D eigenvalue weighted by Crippen LogP contribution is -2.10. The molecule has 370 valence electrons. The second-order valence-corrected chi connectivity index (χ2v) is 17.6. The van der Waals surface area contributed by atoms with Crippen LogP contribution in [0.15, 0.2) is 237 Å². The average Bonchev–Trinajstić information content (AvgIpc) is 3.49. The Kier molecular flexibility index (Phi) is 14.6. The summed E-state index contributed by atoms with van der Waals surface area (Å²) in [4.78, 5) is 18.2. The highest BCUT2D eigenvalue weighted by Gasteiger charge is 2.18. The molecule has 0 radical (unpaired) electrons. The van der Waals surface area contributed by atoms with Crippen molar-refractivity contribution in [3.63, 3.8) is 0 Å². The van der Waals surface area contributed by atoms with Crippen LogP contribution in [0.25, 0.3) is 33.4 Å². The smallest absolute Gasteiger partial charge is 0.150 e. The van der Waals surface area contributed by atoms with Gasteiger partial charge < -0.3 is 38.4 Å². The Morgan fingerprint density at radius 3 is 0.587 bits per heavy atom. The number of carbonyl (C=O) groups excluding carboxylic acids is 1. The first-order valence-electron chi connectivity index (χ1n) is 24.5. The van der Waals surface area contributed by atoms with Crippen LogP contribution in [0.3, 0.4) is 0 Å². The molecule has 9 heteroatoms. The van der Waals surface area contributed by atoms with Crippen LogP contribution in [0.2, 0.25) is 0 Å². The number of aldehydes is 1. The van der Waals surface area contributed by atoms with E-state index >= 15 is 0 Å². The molecule has 0 saturated carbocycles. The van der Waals surface area contributed by atoms with Crippen molar-refractivity contribution in [1.29, 1.82) is 0 Å². The normalized spacial score (nSPS) is 10.8. The third-order valence-corrected chi connectivity index (χ3v) is 13.3. The Morgan fingerprint density at radius 1 is 0.240 bits per heavy atom. The summed E-state index contributed by atoms with van der Waals surface area (Å²) in [6, 6.07) is 80.8. The minimum atomic E-state index is 0.613. The van der Waals surface area contributed by atoms with Gasteiger partial charge >= 0.3 is 0 Å². The molecule has 10 aromatic carbocycles. The summed E-state index contributed by atoms with van der Waals surface area (Å²) < 4.78 is 27.5. The first-order valence-corrected chi connectivity index (χ1v) is 24.5. The van der Waals surface area contributed by atoms with E-state index in [1.54, 1.807) is 35.5 Å². The average molecular weight is 986 g/mol. The number of benzene rings is 10. The van der Waals surface area contributed by atoms with E-state index in [0.717, 1.165) is 120 Å². The molecular weight excluding hydrogens is 931 g/mol. The minimum absolute atomic E-state index is 0.613. The number of hydrogen-bond acceptors (Lipinski definition) is 9.